The van der Waals surface area contributed by atoms with Crippen molar-refractivity contribution in [3.63, 3.8) is 0 Å². The van der Waals surface area contributed by atoms with Crippen LogP contribution in [0.1, 0.15) is 21.7 Å². The summed E-state index contributed by atoms with van der Waals surface area (Å²) in [5.74, 6) is 0.655. The smallest absolute Gasteiger partial charge is 0.343 e. The predicted molar refractivity (Wildman–Crippen MR) is 122 cm³/mol. The number of furan rings is 1. The molecule has 1 saturated heterocycles. The summed E-state index contributed by atoms with van der Waals surface area (Å²) in [6.07, 6.45) is 3.29. The summed E-state index contributed by atoms with van der Waals surface area (Å²) in [6, 6.07) is 17.3. The summed E-state index contributed by atoms with van der Waals surface area (Å²) in [5, 5.41) is 0. The first-order valence-corrected chi connectivity index (χ1v) is 10.5. The van der Waals surface area contributed by atoms with E-state index in [1.54, 1.807) is 66.9 Å². The first-order chi connectivity index (χ1) is 15.0. The van der Waals surface area contributed by atoms with E-state index in [-0.39, 0.29) is 12.5 Å². The number of thiocarbonyl (C=S) groups is 1. The molecule has 156 valence electrons. The van der Waals surface area contributed by atoms with Gasteiger partial charge in [-0.05, 0) is 48.0 Å². The summed E-state index contributed by atoms with van der Waals surface area (Å²) in [7, 11) is 1.49. The van der Waals surface area contributed by atoms with E-state index in [4.69, 9.17) is 26.1 Å². The highest BCUT2D eigenvalue weighted by Gasteiger charge is 2.32. The van der Waals surface area contributed by atoms with Crippen LogP contribution in [0.5, 0.6) is 11.5 Å². The molecule has 0 N–H and O–H groups in total. The Labute approximate surface area is 188 Å². The van der Waals surface area contributed by atoms with Gasteiger partial charge in [0.1, 0.15) is 10.1 Å². The lowest BCUT2D eigenvalue weighted by Gasteiger charge is -2.12. The Morgan fingerprint density at radius 1 is 1.13 bits per heavy atom. The average molecular weight is 452 g/mol. The Morgan fingerprint density at radius 3 is 2.65 bits per heavy atom. The summed E-state index contributed by atoms with van der Waals surface area (Å²) in [6.45, 7) is 0.284. The van der Waals surface area contributed by atoms with Crippen LogP contribution in [-0.4, -0.2) is 28.2 Å². The van der Waals surface area contributed by atoms with E-state index in [0.717, 1.165) is 5.56 Å². The molecule has 6 nitrogen and oxygen atoms in total. The molecule has 1 aliphatic heterocycles. The lowest BCUT2D eigenvalue weighted by Crippen LogP contribution is -2.27. The molecule has 0 unspecified atom stereocenters. The number of carbonyl (C=O) groups is 2. The fourth-order valence-electron chi connectivity index (χ4n) is 2.94. The van der Waals surface area contributed by atoms with Crippen molar-refractivity contribution in [3.05, 3.63) is 88.7 Å². The van der Waals surface area contributed by atoms with Gasteiger partial charge in [-0.1, -0.05) is 48.2 Å². The normalized spacial score (nSPS) is 14.9. The van der Waals surface area contributed by atoms with Gasteiger partial charge < -0.3 is 13.9 Å². The van der Waals surface area contributed by atoms with Crippen LogP contribution in [0.25, 0.3) is 6.08 Å². The Kier molecular flexibility index (Phi) is 6.20. The molecule has 8 heteroatoms. The molecule has 0 radical (unpaired) electrons. The first-order valence-electron chi connectivity index (χ1n) is 9.28. The number of benzene rings is 2. The Balaban J connectivity index is 1.52. The Hall–Kier alpha value is -3.36. The van der Waals surface area contributed by atoms with Gasteiger partial charge in [0.15, 0.2) is 11.5 Å². The van der Waals surface area contributed by atoms with Gasteiger partial charge in [-0.3, -0.25) is 9.69 Å². The molecule has 0 atom stereocenters. The largest absolute Gasteiger partial charge is 0.493 e. The summed E-state index contributed by atoms with van der Waals surface area (Å²) in [4.78, 5) is 27.1. The van der Waals surface area contributed by atoms with Crippen LogP contribution in [0.2, 0.25) is 0 Å². The molecule has 4 rings (SSSR count). The monoisotopic (exact) mass is 451 g/mol. The van der Waals surface area contributed by atoms with Crippen LogP contribution in [0.15, 0.2) is 76.2 Å². The second-order valence-electron chi connectivity index (χ2n) is 6.51. The maximum absolute atomic E-state index is 12.8. The first kappa shape index (κ1) is 20.9. The van der Waals surface area contributed by atoms with Gasteiger partial charge in [0, 0.05) is 0 Å². The molecule has 1 amide bonds. The average Bonchev–Trinajstić information content (AvgIpc) is 3.39. The van der Waals surface area contributed by atoms with Crippen LogP contribution in [0.4, 0.5) is 0 Å². The predicted octanol–water partition coefficient (Wildman–Crippen LogP) is 4.91. The molecule has 1 aliphatic rings. The van der Waals surface area contributed by atoms with E-state index in [1.807, 2.05) is 6.07 Å². The Bertz CT molecular complexity index is 1160. The van der Waals surface area contributed by atoms with E-state index < -0.39 is 5.97 Å². The van der Waals surface area contributed by atoms with Gasteiger partial charge >= 0.3 is 5.97 Å². The van der Waals surface area contributed by atoms with Crippen LogP contribution in [0.3, 0.4) is 0 Å². The SMILES string of the molecule is COc1cc(C=C2SC(=S)N(Cc3ccco3)C2=O)ccc1OC(=O)c1ccccc1. The highest BCUT2D eigenvalue weighted by atomic mass is 32.2. The lowest BCUT2D eigenvalue weighted by atomic mass is 10.1. The van der Waals surface area contributed by atoms with Gasteiger partial charge in [-0.2, -0.15) is 0 Å². The number of ether oxygens (including phenoxy) is 2. The number of thioether (sulfide) groups is 1. The van der Waals surface area contributed by atoms with Crippen LogP contribution >= 0.6 is 24.0 Å². The minimum absolute atomic E-state index is 0.190. The second kappa shape index (κ2) is 9.20. The number of esters is 1. The third kappa shape index (κ3) is 4.70. The molecule has 31 heavy (non-hydrogen) atoms. The zero-order chi connectivity index (χ0) is 21.8. The lowest BCUT2D eigenvalue weighted by molar-refractivity contribution is -0.122. The highest BCUT2D eigenvalue weighted by molar-refractivity contribution is 8.26. The highest BCUT2D eigenvalue weighted by Crippen LogP contribution is 2.35. The van der Waals surface area contributed by atoms with Crippen molar-refractivity contribution in [2.75, 3.05) is 7.11 Å². The Morgan fingerprint density at radius 2 is 1.94 bits per heavy atom. The van der Waals surface area contributed by atoms with Crippen LogP contribution in [0, 0.1) is 0 Å². The topological polar surface area (TPSA) is 69.0 Å². The number of amides is 1. The van der Waals surface area contributed by atoms with Crippen molar-refractivity contribution in [3.8, 4) is 11.5 Å². The van der Waals surface area contributed by atoms with Gasteiger partial charge in [-0.25, -0.2) is 4.79 Å². The van der Waals surface area contributed by atoms with Crippen LogP contribution < -0.4 is 9.47 Å². The van der Waals surface area contributed by atoms with Crippen molar-refractivity contribution in [2.24, 2.45) is 0 Å². The molecule has 1 fully saturated rings. The number of methoxy groups -OCH3 is 1. The molecular formula is C23H17NO5S2. The second-order valence-corrected chi connectivity index (χ2v) is 8.19. The summed E-state index contributed by atoms with van der Waals surface area (Å²) < 4.78 is 16.6. The van der Waals surface area contributed by atoms with Gasteiger partial charge in [0.25, 0.3) is 5.91 Å². The summed E-state index contributed by atoms with van der Waals surface area (Å²) >= 11 is 6.58. The number of nitrogens with zero attached hydrogens (tertiary/aromatic N) is 1. The summed E-state index contributed by atoms with van der Waals surface area (Å²) in [5.41, 5.74) is 1.16. The maximum atomic E-state index is 12.8. The van der Waals surface area contributed by atoms with Crippen LogP contribution in [-0.2, 0) is 11.3 Å². The number of rotatable bonds is 6. The van der Waals surface area contributed by atoms with E-state index in [0.29, 0.717) is 32.0 Å². The van der Waals surface area contributed by atoms with Crippen molar-refractivity contribution < 1.29 is 23.5 Å². The quantitative estimate of drug-likeness (QED) is 0.228. The van der Waals surface area contributed by atoms with Crippen molar-refractivity contribution >= 4 is 46.3 Å². The van der Waals surface area contributed by atoms with E-state index in [9.17, 15) is 9.59 Å². The number of hydrogen-bond acceptors (Lipinski definition) is 7. The molecule has 2 aromatic carbocycles. The molecule has 2 heterocycles. The van der Waals surface area contributed by atoms with Crippen molar-refractivity contribution in [1.29, 1.82) is 0 Å². The van der Waals surface area contributed by atoms with E-state index >= 15 is 0 Å². The standard InChI is InChI=1S/C23H17NO5S2/c1-27-19-12-15(9-10-18(19)29-22(26)16-6-3-2-4-7-16)13-20-21(25)24(23(30)31-20)14-17-8-5-11-28-17/h2-13H,14H2,1H3. The molecule has 0 spiro atoms. The number of carbonyl (C=O) groups excluding carboxylic acids is 2. The fraction of sp³-hybridized carbons (Fsp3) is 0.0870. The minimum atomic E-state index is -0.481. The zero-order valence-electron chi connectivity index (χ0n) is 16.4. The molecule has 0 saturated carbocycles. The third-order valence-electron chi connectivity index (χ3n) is 4.47. The maximum Gasteiger partial charge on any atom is 0.343 e. The van der Waals surface area contributed by atoms with E-state index in [1.165, 1.54) is 23.8 Å². The number of hydrogen-bond donors (Lipinski definition) is 0. The molecule has 3 aromatic rings. The van der Waals surface area contributed by atoms with E-state index in [2.05, 4.69) is 0 Å². The molecule has 0 bridgehead atoms. The van der Waals surface area contributed by atoms with Crippen molar-refractivity contribution in [1.82, 2.24) is 4.90 Å². The third-order valence-corrected chi connectivity index (χ3v) is 5.84. The molecule has 1 aromatic heterocycles. The molecule has 0 aliphatic carbocycles. The van der Waals surface area contributed by atoms with Gasteiger partial charge in [0.2, 0.25) is 0 Å². The minimum Gasteiger partial charge on any atom is -0.493 e. The zero-order valence-corrected chi connectivity index (χ0v) is 18.1. The molecular weight excluding hydrogens is 434 g/mol. The van der Waals surface area contributed by atoms with Gasteiger partial charge in [0.05, 0.1) is 30.4 Å². The fourth-order valence-corrected chi connectivity index (χ4v) is 4.19. The van der Waals surface area contributed by atoms with Crippen molar-refractivity contribution in [2.45, 2.75) is 6.54 Å². The van der Waals surface area contributed by atoms with Gasteiger partial charge in [-0.15, -0.1) is 0 Å².